The highest BCUT2D eigenvalue weighted by molar-refractivity contribution is 5.98. The molecule has 7 heteroatoms. The van der Waals surface area contributed by atoms with Gasteiger partial charge in [-0.2, -0.15) is 5.10 Å². The molecule has 1 unspecified atom stereocenters. The summed E-state index contributed by atoms with van der Waals surface area (Å²) in [5.74, 6) is 0.850. The molecule has 2 aliphatic heterocycles. The number of likely N-dealkylation sites (tertiary alicyclic amines) is 1. The van der Waals surface area contributed by atoms with Gasteiger partial charge in [-0.05, 0) is 43.9 Å². The molecule has 0 bridgehead atoms. The van der Waals surface area contributed by atoms with Crippen LogP contribution in [0.4, 0.5) is 0 Å². The molecule has 30 heavy (non-hydrogen) atoms. The average Bonchev–Trinajstić information content (AvgIpc) is 3.37. The zero-order chi connectivity index (χ0) is 20.7. The molecule has 4 heterocycles. The van der Waals surface area contributed by atoms with Gasteiger partial charge in [-0.1, -0.05) is 12.8 Å². The average molecular weight is 406 g/mol. The fourth-order valence-corrected chi connectivity index (χ4v) is 4.86. The number of hydrogen-bond acceptors (Lipinski definition) is 4. The molecule has 5 rings (SSSR count). The van der Waals surface area contributed by atoms with E-state index in [1.807, 2.05) is 28.9 Å². The highest BCUT2D eigenvalue weighted by atomic mass is 16.2. The van der Waals surface area contributed by atoms with E-state index in [0.717, 1.165) is 63.0 Å². The Labute approximate surface area is 175 Å². The fourth-order valence-electron chi connectivity index (χ4n) is 4.86. The maximum absolute atomic E-state index is 13.3. The molecule has 0 spiro atoms. The van der Waals surface area contributed by atoms with Crippen molar-refractivity contribution >= 4 is 16.8 Å². The summed E-state index contributed by atoms with van der Waals surface area (Å²) in [6.07, 6.45) is 11.0. The lowest BCUT2D eigenvalue weighted by atomic mass is 10.1. The summed E-state index contributed by atoms with van der Waals surface area (Å²) in [5.41, 5.74) is 2.32. The smallest absolute Gasteiger partial charge is 0.261 e. The van der Waals surface area contributed by atoms with Crippen molar-refractivity contribution in [2.75, 3.05) is 6.54 Å². The van der Waals surface area contributed by atoms with E-state index in [-0.39, 0.29) is 17.5 Å². The maximum Gasteiger partial charge on any atom is 0.261 e. The number of carbonyl (C=O) groups is 1. The molecule has 0 radical (unpaired) electrons. The number of aromatic nitrogens is 4. The number of aryl methyl sites for hydroxylation is 2. The zero-order valence-corrected chi connectivity index (χ0v) is 17.4. The lowest BCUT2D eigenvalue weighted by Gasteiger charge is -2.24. The highest BCUT2D eigenvalue weighted by Gasteiger charge is 2.31. The number of nitrogens with zero attached hydrogens (tertiary/aromatic N) is 5. The van der Waals surface area contributed by atoms with Gasteiger partial charge in [0.25, 0.3) is 11.5 Å². The molecule has 0 saturated carbocycles. The SMILES string of the molecule is Cn1cc(C2CCCN2C(=O)c2ccc3c(=O)n4c(nc3c2)CCCCCC4)cn1. The van der Waals surface area contributed by atoms with E-state index in [0.29, 0.717) is 16.5 Å². The summed E-state index contributed by atoms with van der Waals surface area (Å²) in [6, 6.07) is 5.41. The molecule has 156 valence electrons. The number of rotatable bonds is 2. The Morgan fingerprint density at radius 2 is 1.97 bits per heavy atom. The minimum absolute atomic E-state index is 0.00287. The minimum atomic E-state index is -0.00287. The number of carbonyl (C=O) groups excluding carboxylic acids is 1. The van der Waals surface area contributed by atoms with Gasteiger partial charge in [0.15, 0.2) is 0 Å². The summed E-state index contributed by atoms with van der Waals surface area (Å²) >= 11 is 0. The Hall–Kier alpha value is -2.96. The molecule has 3 aromatic rings. The van der Waals surface area contributed by atoms with Gasteiger partial charge in [-0.15, -0.1) is 0 Å². The van der Waals surface area contributed by atoms with Crippen molar-refractivity contribution in [3.63, 3.8) is 0 Å². The Kier molecular flexibility index (Phi) is 4.89. The largest absolute Gasteiger partial charge is 0.331 e. The molecule has 1 saturated heterocycles. The topological polar surface area (TPSA) is 73.0 Å². The molecule has 1 atom stereocenters. The third-order valence-electron chi connectivity index (χ3n) is 6.44. The Morgan fingerprint density at radius 1 is 1.10 bits per heavy atom. The van der Waals surface area contributed by atoms with Crippen LogP contribution in [0.2, 0.25) is 0 Å². The highest BCUT2D eigenvalue weighted by Crippen LogP contribution is 2.33. The third kappa shape index (κ3) is 3.32. The molecule has 0 aliphatic carbocycles. The van der Waals surface area contributed by atoms with E-state index in [1.165, 1.54) is 6.42 Å². The summed E-state index contributed by atoms with van der Waals surface area (Å²) in [5, 5.41) is 4.86. The first-order valence-electron chi connectivity index (χ1n) is 10.9. The number of hydrogen-bond donors (Lipinski definition) is 0. The lowest BCUT2D eigenvalue weighted by Crippen LogP contribution is -2.31. The van der Waals surface area contributed by atoms with Gasteiger partial charge in [0.1, 0.15) is 5.82 Å². The van der Waals surface area contributed by atoms with Crippen LogP contribution in [-0.2, 0) is 20.0 Å². The normalized spacial score (nSPS) is 19.5. The van der Waals surface area contributed by atoms with Crippen LogP contribution >= 0.6 is 0 Å². The molecule has 2 aliphatic rings. The monoisotopic (exact) mass is 405 g/mol. The van der Waals surface area contributed by atoms with Crippen molar-refractivity contribution in [2.24, 2.45) is 7.05 Å². The van der Waals surface area contributed by atoms with Crippen LogP contribution in [0.1, 0.15) is 66.3 Å². The molecule has 1 fully saturated rings. The first-order chi connectivity index (χ1) is 14.6. The predicted octanol–water partition coefficient (Wildman–Crippen LogP) is 3.22. The predicted molar refractivity (Wildman–Crippen MR) is 114 cm³/mol. The fraction of sp³-hybridized carbons (Fsp3) is 0.478. The van der Waals surface area contributed by atoms with Crippen LogP contribution in [0, 0.1) is 0 Å². The lowest BCUT2D eigenvalue weighted by molar-refractivity contribution is 0.0735. The minimum Gasteiger partial charge on any atom is -0.331 e. The Balaban J connectivity index is 1.50. The molecule has 1 aromatic carbocycles. The summed E-state index contributed by atoms with van der Waals surface area (Å²) in [6.45, 7) is 1.47. The third-order valence-corrected chi connectivity index (χ3v) is 6.44. The van der Waals surface area contributed by atoms with Gasteiger partial charge in [-0.3, -0.25) is 18.8 Å². The van der Waals surface area contributed by atoms with E-state index in [4.69, 9.17) is 4.98 Å². The molecule has 1 amide bonds. The second-order valence-electron chi connectivity index (χ2n) is 8.48. The first kappa shape index (κ1) is 19.0. The van der Waals surface area contributed by atoms with Crippen LogP contribution in [0.5, 0.6) is 0 Å². The van der Waals surface area contributed by atoms with Gasteiger partial charge in [0.05, 0.1) is 23.1 Å². The maximum atomic E-state index is 13.3. The summed E-state index contributed by atoms with van der Waals surface area (Å²) < 4.78 is 3.61. The second-order valence-corrected chi connectivity index (χ2v) is 8.48. The molecule has 2 aromatic heterocycles. The van der Waals surface area contributed by atoms with Crippen LogP contribution in [0.25, 0.3) is 10.9 Å². The summed E-state index contributed by atoms with van der Waals surface area (Å²) in [4.78, 5) is 33.1. The Bertz CT molecular complexity index is 1160. The van der Waals surface area contributed by atoms with Crippen molar-refractivity contribution in [1.29, 1.82) is 0 Å². The first-order valence-corrected chi connectivity index (χ1v) is 10.9. The van der Waals surface area contributed by atoms with E-state index < -0.39 is 0 Å². The van der Waals surface area contributed by atoms with Gasteiger partial charge in [0.2, 0.25) is 0 Å². The van der Waals surface area contributed by atoms with Crippen molar-refractivity contribution in [3.8, 4) is 0 Å². The molecular weight excluding hydrogens is 378 g/mol. The van der Waals surface area contributed by atoms with Crippen molar-refractivity contribution in [2.45, 2.75) is 57.5 Å². The van der Waals surface area contributed by atoms with E-state index in [1.54, 1.807) is 22.9 Å². The van der Waals surface area contributed by atoms with Crippen LogP contribution in [-0.4, -0.2) is 36.7 Å². The van der Waals surface area contributed by atoms with Gasteiger partial charge < -0.3 is 4.90 Å². The van der Waals surface area contributed by atoms with Crippen LogP contribution in [0.15, 0.2) is 35.4 Å². The number of amides is 1. The van der Waals surface area contributed by atoms with Gasteiger partial charge in [0, 0.05) is 43.9 Å². The standard InChI is InChI=1S/C23H27N5O2/c1-26-15-17(14-24-26)20-7-6-12-27(20)22(29)16-9-10-18-19(13-16)25-21-8-4-2-3-5-11-28(21)23(18)30/h9-10,13-15,20H,2-8,11-12H2,1H3. The van der Waals surface area contributed by atoms with Crippen molar-refractivity contribution in [1.82, 2.24) is 24.2 Å². The van der Waals surface area contributed by atoms with E-state index in [9.17, 15) is 9.59 Å². The van der Waals surface area contributed by atoms with Crippen LogP contribution < -0.4 is 5.56 Å². The second kappa shape index (κ2) is 7.70. The quantitative estimate of drug-likeness (QED) is 0.656. The Morgan fingerprint density at radius 3 is 2.80 bits per heavy atom. The van der Waals surface area contributed by atoms with Crippen LogP contribution in [0.3, 0.4) is 0 Å². The molecule has 0 N–H and O–H groups in total. The molecular formula is C23H27N5O2. The summed E-state index contributed by atoms with van der Waals surface area (Å²) in [7, 11) is 1.89. The van der Waals surface area contributed by atoms with Crippen molar-refractivity contribution < 1.29 is 4.79 Å². The number of fused-ring (bicyclic) bond motifs is 2. The van der Waals surface area contributed by atoms with E-state index >= 15 is 0 Å². The van der Waals surface area contributed by atoms with Gasteiger partial charge in [-0.25, -0.2) is 4.98 Å². The van der Waals surface area contributed by atoms with E-state index in [2.05, 4.69) is 5.10 Å². The zero-order valence-electron chi connectivity index (χ0n) is 17.4. The van der Waals surface area contributed by atoms with Crippen molar-refractivity contribution in [3.05, 3.63) is 57.9 Å². The molecule has 7 nitrogen and oxygen atoms in total. The number of benzene rings is 1. The van der Waals surface area contributed by atoms with Gasteiger partial charge >= 0.3 is 0 Å².